The Kier molecular flexibility index (Phi) is 32.4. The predicted octanol–water partition coefficient (Wildman–Crippen LogP) is 8.22. The second-order valence-corrected chi connectivity index (χ2v) is 16.9. The van der Waals surface area contributed by atoms with Crippen LogP contribution in [-0.4, -0.2) is 98.3 Å². The Morgan fingerprint density at radius 3 is 1.50 bits per heavy atom. The van der Waals surface area contributed by atoms with Crippen LogP contribution in [0.25, 0.3) is 0 Å². The van der Waals surface area contributed by atoms with E-state index in [9.17, 15) is 44.6 Å². The van der Waals surface area contributed by atoms with E-state index in [1.807, 2.05) is 0 Å². The van der Waals surface area contributed by atoms with Gasteiger partial charge >= 0.3 is 19.8 Å². The number of unbranched alkanes of at least 4 members (excludes halogenated alkanes) is 18. The number of phosphoric acid groups is 1. The smallest absolute Gasteiger partial charge is 0.462 e. The maximum Gasteiger partial charge on any atom is 0.472 e. The highest BCUT2D eigenvalue weighted by Crippen LogP contribution is 2.47. The standard InChI is InChI=1S/C44H79O13P/c1-3-5-7-9-11-13-15-17-18-19-21-22-24-26-28-30-32-37(45)54-34-36(35-55-58(52,53)57-44-42(50)40(48)39(47)41(49)43(44)51)56-38(46)33-31-29-27-25-23-20-16-14-12-10-8-6-4-2/h6,8,12,14,20,23,36,39-44,47-51H,3-5,7,9-11,13,15-19,21-22,24-35H2,1-2H3,(H,52,53)/b8-6-,14-12-,23-20-. The average molecular weight is 847 g/mol. The molecule has 0 amide bonds. The van der Waals surface area contributed by atoms with Gasteiger partial charge in [-0.05, 0) is 44.9 Å². The molecule has 14 heteroatoms. The number of rotatable bonds is 36. The van der Waals surface area contributed by atoms with E-state index < -0.39 is 75.7 Å². The fourth-order valence-corrected chi connectivity index (χ4v) is 7.63. The summed E-state index contributed by atoms with van der Waals surface area (Å²) >= 11 is 0. The maximum atomic E-state index is 12.8. The zero-order valence-corrected chi connectivity index (χ0v) is 36.5. The topological polar surface area (TPSA) is 210 Å². The molecule has 1 rings (SSSR count). The summed E-state index contributed by atoms with van der Waals surface area (Å²) in [4.78, 5) is 35.6. The number of aliphatic hydroxyl groups excluding tert-OH is 5. The number of carbonyl (C=O) groups is 2. The number of aliphatic hydroxyl groups is 5. The number of phosphoric ester groups is 1. The van der Waals surface area contributed by atoms with Gasteiger partial charge in [-0.25, -0.2) is 4.57 Å². The van der Waals surface area contributed by atoms with Gasteiger partial charge in [0.05, 0.1) is 6.61 Å². The molecule has 0 radical (unpaired) electrons. The van der Waals surface area contributed by atoms with Crippen LogP contribution in [0.3, 0.4) is 0 Å². The molecule has 6 N–H and O–H groups in total. The number of hydrogen-bond donors (Lipinski definition) is 6. The minimum absolute atomic E-state index is 0.0627. The van der Waals surface area contributed by atoms with Gasteiger partial charge in [0, 0.05) is 12.8 Å². The highest BCUT2D eigenvalue weighted by Gasteiger charge is 2.51. The molecule has 0 aromatic heterocycles. The molecule has 0 heterocycles. The van der Waals surface area contributed by atoms with Crippen molar-refractivity contribution in [1.82, 2.24) is 0 Å². The Labute approximate surface area is 348 Å². The first-order chi connectivity index (χ1) is 27.9. The summed E-state index contributed by atoms with van der Waals surface area (Å²) in [5, 5.41) is 50.1. The lowest BCUT2D eigenvalue weighted by Crippen LogP contribution is -2.64. The monoisotopic (exact) mass is 847 g/mol. The lowest BCUT2D eigenvalue weighted by Gasteiger charge is -2.41. The lowest BCUT2D eigenvalue weighted by atomic mass is 9.85. The van der Waals surface area contributed by atoms with Crippen molar-refractivity contribution < 1.29 is 63.1 Å². The molecule has 0 aliphatic heterocycles. The van der Waals surface area contributed by atoms with Crippen LogP contribution in [0, 0.1) is 0 Å². The highest BCUT2D eigenvalue weighted by molar-refractivity contribution is 7.47. The number of allylic oxidation sites excluding steroid dienone is 6. The van der Waals surface area contributed by atoms with E-state index in [4.69, 9.17) is 18.5 Å². The molecule has 58 heavy (non-hydrogen) atoms. The molecule has 0 spiro atoms. The van der Waals surface area contributed by atoms with Crippen molar-refractivity contribution in [2.45, 2.75) is 217 Å². The zero-order chi connectivity index (χ0) is 42.9. The van der Waals surface area contributed by atoms with Crippen molar-refractivity contribution in [1.29, 1.82) is 0 Å². The third kappa shape index (κ3) is 27.0. The molecular weight excluding hydrogens is 767 g/mol. The molecule has 0 aromatic rings. The Morgan fingerprint density at radius 2 is 0.983 bits per heavy atom. The van der Waals surface area contributed by atoms with E-state index in [-0.39, 0.29) is 12.8 Å². The largest absolute Gasteiger partial charge is 0.472 e. The van der Waals surface area contributed by atoms with Gasteiger partial charge in [0.15, 0.2) is 6.10 Å². The molecule has 0 saturated heterocycles. The third-order valence-electron chi connectivity index (χ3n) is 10.2. The van der Waals surface area contributed by atoms with Crippen LogP contribution < -0.4 is 0 Å². The van der Waals surface area contributed by atoms with Gasteiger partial charge in [-0.1, -0.05) is 153 Å². The highest BCUT2D eigenvalue weighted by atomic mass is 31.2. The number of carbonyl (C=O) groups excluding carboxylic acids is 2. The summed E-state index contributed by atoms with van der Waals surface area (Å²) in [5.41, 5.74) is 0. The first-order valence-electron chi connectivity index (χ1n) is 22.3. The van der Waals surface area contributed by atoms with Crippen LogP contribution >= 0.6 is 7.82 Å². The van der Waals surface area contributed by atoms with Crippen molar-refractivity contribution in [2.75, 3.05) is 13.2 Å². The summed E-state index contributed by atoms with van der Waals surface area (Å²) in [7, 11) is -5.12. The molecule has 1 aliphatic rings. The van der Waals surface area contributed by atoms with Gasteiger partial charge < -0.3 is 39.9 Å². The molecule has 13 nitrogen and oxygen atoms in total. The van der Waals surface area contributed by atoms with Crippen molar-refractivity contribution in [3.05, 3.63) is 36.5 Å². The van der Waals surface area contributed by atoms with Crippen LogP contribution in [0.15, 0.2) is 36.5 Å². The summed E-state index contributed by atoms with van der Waals surface area (Å²) in [6.07, 6.45) is 25.0. The number of hydrogen-bond acceptors (Lipinski definition) is 12. The van der Waals surface area contributed by atoms with Gasteiger partial charge in [-0.2, -0.15) is 0 Å². The van der Waals surface area contributed by atoms with E-state index in [2.05, 4.69) is 50.3 Å². The maximum absolute atomic E-state index is 12.8. The molecule has 1 fully saturated rings. The van der Waals surface area contributed by atoms with Crippen molar-refractivity contribution >= 4 is 19.8 Å². The van der Waals surface area contributed by atoms with Crippen LogP contribution in [0.2, 0.25) is 0 Å². The molecular formula is C44H79O13P. The van der Waals surface area contributed by atoms with Crippen LogP contribution in [-0.2, 0) is 32.7 Å². The van der Waals surface area contributed by atoms with Crippen LogP contribution in [0.5, 0.6) is 0 Å². The first kappa shape index (κ1) is 54.1. The van der Waals surface area contributed by atoms with Crippen LogP contribution in [0.4, 0.5) is 0 Å². The minimum atomic E-state index is -5.12. The van der Waals surface area contributed by atoms with Gasteiger partial charge in [0.2, 0.25) is 0 Å². The lowest BCUT2D eigenvalue weighted by molar-refractivity contribution is -0.220. The Bertz CT molecular complexity index is 1160. The van der Waals surface area contributed by atoms with E-state index >= 15 is 0 Å². The Morgan fingerprint density at radius 1 is 0.552 bits per heavy atom. The van der Waals surface area contributed by atoms with E-state index in [0.29, 0.717) is 12.8 Å². The molecule has 1 saturated carbocycles. The second-order valence-electron chi connectivity index (χ2n) is 15.5. The minimum Gasteiger partial charge on any atom is -0.462 e. The third-order valence-corrected chi connectivity index (χ3v) is 11.2. The number of esters is 2. The van der Waals surface area contributed by atoms with E-state index in [0.717, 1.165) is 57.8 Å². The van der Waals surface area contributed by atoms with Gasteiger partial charge in [0.25, 0.3) is 0 Å². The van der Waals surface area contributed by atoms with E-state index in [1.165, 1.54) is 77.0 Å². The normalized spacial score (nSPS) is 22.8. The van der Waals surface area contributed by atoms with E-state index in [1.54, 1.807) is 0 Å². The fourth-order valence-electron chi connectivity index (χ4n) is 6.65. The predicted molar refractivity (Wildman–Crippen MR) is 226 cm³/mol. The SMILES string of the molecule is CC/C=C\C/C=C\C/C=C\CCCCCC(=O)OC(COC(=O)CCCCCCCCCCCCCCCCCC)COP(=O)(O)OC1C(O)C(O)C(O)C(O)C1O. The average Bonchev–Trinajstić information content (AvgIpc) is 3.20. The second kappa shape index (κ2) is 34.7. The first-order valence-corrected chi connectivity index (χ1v) is 23.8. The molecule has 6 unspecified atom stereocenters. The van der Waals surface area contributed by atoms with Crippen LogP contribution in [0.1, 0.15) is 174 Å². The molecule has 0 aromatic carbocycles. The molecule has 1 aliphatic carbocycles. The van der Waals surface area contributed by atoms with Gasteiger partial charge in [-0.3, -0.25) is 18.6 Å². The number of ether oxygens (including phenoxy) is 2. The Hall–Kier alpha value is -1.93. The van der Waals surface area contributed by atoms with Crippen molar-refractivity contribution in [3.8, 4) is 0 Å². The summed E-state index contributed by atoms with van der Waals surface area (Å²) in [5.74, 6) is -1.13. The molecule has 6 atom stereocenters. The quantitative estimate of drug-likeness (QED) is 0.0152. The van der Waals surface area contributed by atoms with Crippen molar-refractivity contribution in [2.24, 2.45) is 0 Å². The summed E-state index contributed by atoms with van der Waals surface area (Å²) in [6, 6.07) is 0. The summed E-state index contributed by atoms with van der Waals surface area (Å²) in [6.45, 7) is 3.15. The zero-order valence-electron chi connectivity index (χ0n) is 35.6. The Balaban J connectivity index is 2.48. The van der Waals surface area contributed by atoms with Gasteiger partial charge in [-0.15, -0.1) is 0 Å². The van der Waals surface area contributed by atoms with Gasteiger partial charge in [0.1, 0.15) is 43.2 Å². The molecule has 338 valence electrons. The fraction of sp³-hybridized carbons (Fsp3) is 0.818. The molecule has 0 bridgehead atoms. The van der Waals surface area contributed by atoms with Crippen molar-refractivity contribution in [3.63, 3.8) is 0 Å². The summed E-state index contributed by atoms with van der Waals surface area (Å²) < 4.78 is 33.4.